The highest BCUT2D eigenvalue weighted by Gasteiger charge is 2.36. The van der Waals surface area contributed by atoms with Crippen molar-refractivity contribution in [1.29, 1.82) is 0 Å². The first kappa shape index (κ1) is 16.9. The summed E-state index contributed by atoms with van der Waals surface area (Å²) in [5, 5.41) is 29.0. The molecule has 118 valence electrons. The maximum Gasteiger partial charge on any atom is 0.328 e. The minimum absolute atomic E-state index is 0.121. The van der Waals surface area contributed by atoms with E-state index in [9.17, 15) is 24.3 Å². The largest absolute Gasteiger partial charge is 0.480 e. The average molecular weight is 302 g/mol. The smallest absolute Gasteiger partial charge is 0.328 e. The Morgan fingerprint density at radius 1 is 1.19 bits per heavy atom. The van der Waals surface area contributed by atoms with Crippen molar-refractivity contribution in [2.24, 2.45) is 0 Å². The Kier molecular flexibility index (Phi) is 5.65. The van der Waals surface area contributed by atoms with Crippen LogP contribution >= 0.6 is 0 Å². The molecule has 1 aliphatic rings. The summed E-state index contributed by atoms with van der Waals surface area (Å²) in [5.41, 5.74) is 0. The molecule has 3 atom stereocenters. The van der Waals surface area contributed by atoms with Crippen molar-refractivity contribution in [2.75, 3.05) is 6.54 Å². The van der Waals surface area contributed by atoms with Crippen LogP contribution in [0, 0.1) is 0 Å². The van der Waals surface area contributed by atoms with Gasteiger partial charge in [-0.25, -0.2) is 9.59 Å². The average Bonchev–Trinajstić information content (AvgIpc) is 2.42. The highest BCUT2D eigenvalue weighted by atomic mass is 16.4. The van der Waals surface area contributed by atoms with E-state index in [1.54, 1.807) is 0 Å². The van der Waals surface area contributed by atoms with Crippen LogP contribution in [-0.4, -0.2) is 68.7 Å². The number of aliphatic carboxylic acids is 2. The number of aliphatic hydroxyl groups excluding tert-OH is 1. The standard InChI is InChI=1S/C12H18N2O7/c1-6(15)8(12(20)21)13-9(16)10(17)14-5-3-2-4-7(14)11(18)19/h6-8,15H,2-5H2,1H3,(H,13,16)(H,18,19)(H,20,21)/t6-,7-,8+/m1/s1. The predicted octanol–water partition coefficient (Wildman–Crippen LogP) is -1.60. The molecule has 1 saturated heterocycles. The van der Waals surface area contributed by atoms with E-state index in [4.69, 9.17) is 10.2 Å². The van der Waals surface area contributed by atoms with E-state index in [0.29, 0.717) is 12.8 Å². The molecular weight excluding hydrogens is 284 g/mol. The summed E-state index contributed by atoms with van der Waals surface area (Å²) in [6, 6.07) is -2.72. The molecule has 4 N–H and O–H groups in total. The number of carbonyl (C=O) groups is 4. The molecule has 1 aliphatic heterocycles. The molecule has 0 aromatic heterocycles. The van der Waals surface area contributed by atoms with E-state index in [1.165, 1.54) is 0 Å². The minimum atomic E-state index is -1.63. The van der Waals surface area contributed by atoms with Crippen molar-refractivity contribution in [3.8, 4) is 0 Å². The Morgan fingerprint density at radius 3 is 2.29 bits per heavy atom. The normalized spacial score (nSPS) is 21.2. The first-order chi connectivity index (χ1) is 9.75. The topological polar surface area (TPSA) is 144 Å². The Labute approximate surface area is 120 Å². The second kappa shape index (κ2) is 7.02. The summed E-state index contributed by atoms with van der Waals surface area (Å²) >= 11 is 0. The van der Waals surface area contributed by atoms with Gasteiger partial charge in [-0.2, -0.15) is 0 Å². The Hall–Kier alpha value is -2.16. The molecule has 0 spiro atoms. The van der Waals surface area contributed by atoms with Crippen LogP contribution in [0.1, 0.15) is 26.2 Å². The second-order valence-electron chi connectivity index (χ2n) is 4.88. The van der Waals surface area contributed by atoms with Crippen molar-refractivity contribution in [3.63, 3.8) is 0 Å². The maximum absolute atomic E-state index is 12.0. The molecule has 0 unspecified atom stereocenters. The zero-order valence-corrected chi connectivity index (χ0v) is 11.5. The third kappa shape index (κ3) is 4.15. The molecule has 0 aliphatic carbocycles. The van der Waals surface area contributed by atoms with Crippen molar-refractivity contribution in [1.82, 2.24) is 10.2 Å². The number of hydrogen-bond donors (Lipinski definition) is 4. The summed E-state index contributed by atoms with van der Waals surface area (Å²) in [5.74, 6) is -5.04. The van der Waals surface area contributed by atoms with E-state index in [2.05, 4.69) is 0 Å². The SMILES string of the molecule is C[C@@H](O)[C@H](NC(=O)C(=O)N1CCCC[C@@H]1C(=O)O)C(=O)O. The third-order valence-corrected chi connectivity index (χ3v) is 3.28. The summed E-state index contributed by atoms with van der Waals surface area (Å²) in [7, 11) is 0. The quantitative estimate of drug-likeness (QED) is 0.458. The van der Waals surface area contributed by atoms with Crippen LogP contribution in [0.4, 0.5) is 0 Å². The molecule has 21 heavy (non-hydrogen) atoms. The lowest BCUT2D eigenvalue weighted by molar-refractivity contribution is -0.157. The number of carboxylic acids is 2. The number of aliphatic hydroxyl groups is 1. The number of amides is 2. The molecule has 2 amide bonds. The van der Waals surface area contributed by atoms with Gasteiger partial charge in [0, 0.05) is 6.54 Å². The fraction of sp³-hybridized carbons (Fsp3) is 0.667. The minimum Gasteiger partial charge on any atom is -0.480 e. The van der Waals surface area contributed by atoms with Crippen molar-refractivity contribution in [2.45, 2.75) is 44.4 Å². The maximum atomic E-state index is 12.0. The Morgan fingerprint density at radius 2 is 1.81 bits per heavy atom. The van der Waals surface area contributed by atoms with Gasteiger partial charge >= 0.3 is 23.8 Å². The number of nitrogens with zero attached hydrogens (tertiary/aromatic N) is 1. The predicted molar refractivity (Wildman–Crippen MR) is 68.2 cm³/mol. The zero-order valence-electron chi connectivity index (χ0n) is 11.5. The van der Waals surface area contributed by atoms with Gasteiger partial charge in [0.1, 0.15) is 6.04 Å². The Balaban J connectivity index is 2.78. The monoisotopic (exact) mass is 302 g/mol. The lowest BCUT2D eigenvalue weighted by Crippen LogP contribution is -2.56. The van der Waals surface area contributed by atoms with Crippen LogP contribution in [0.15, 0.2) is 0 Å². The van der Waals surface area contributed by atoms with Crippen LogP contribution in [0.5, 0.6) is 0 Å². The lowest BCUT2D eigenvalue weighted by atomic mass is 10.0. The number of nitrogens with one attached hydrogen (secondary N) is 1. The van der Waals surface area contributed by atoms with Crippen molar-refractivity contribution < 1.29 is 34.5 Å². The van der Waals surface area contributed by atoms with Gasteiger partial charge in [-0.05, 0) is 26.2 Å². The summed E-state index contributed by atoms with van der Waals surface area (Å²) in [6.45, 7) is 1.28. The molecule has 1 rings (SSSR count). The summed E-state index contributed by atoms with van der Waals surface area (Å²) < 4.78 is 0. The number of likely N-dealkylation sites (tertiary alicyclic amines) is 1. The molecular formula is C12H18N2O7. The highest BCUT2D eigenvalue weighted by molar-refractivity contribution is 6.35. The molecule has 1 fully saturated rings. The molecule has 1 heterocycles. The molecule has 0 aromatic rings. The van der Waals surface area contributed by atoms with Crippen LogP contribution in [-0.2, 0) is 19.2 Å². The fourth-order valence-corrected chi connectivity index (χ4v) is 2.15. The Bertz CT molecular complexity index is 449. The van der Waals surface area contributed by atoms with E-state index in [1.807, 2.05) is 5.32 Å². The van der Waals surface area contributed by atoms with E-state index >= 15 is 0 Å². The van der Waals surface area contributed by atoms with Crippen molar-refractivity contribution in [3.05, 3.63) is 0 Å². The number of carbonyl (C=O) groups excluding carboxylic acids is 2. The van der Waals surface area contributed by atoms with Crippen LogP contribution in [0.25, 0.3) is 0 Å². The van der Waals surface area contributed by atoms with Gasteiger partial charge in [-0.15, -0.1) is 0 Å². The molecule has 9 nitrogen and oxygen atoms in total. The van der Waals surface area contributed by atoms with Crippen LogP contribution in [0.3, 0.4) is 0 Å². The van der Waals surface area contributed by atoms with E-state index < -0.39 is 41.9 Å². The first-order valence-electron chi connectivity index (χ1n) is 6.50. The second-order valence-corrected chi connectivity index (χ2v) is 4.88. The lowest BCUT2D eigenvalue weighted by Gasteiger charge is -2.32. The molecule has 0 radical (unpaired) electrons. The molecule has 0 bridgehead atoms. The highest BCUT2D eigenvalue weighted by Crippen LogP contribution is 2.17. The van der Waals surface area contributed by atoms with Crippen LogP contribution in [0.2, 0.25) is 0 Å². The summed E-state index contributed by atoms with van der Waals surface area (Å²) in [6.07, 6.45) is 0.0542. The number of hydrogen-bond acceptors (Lipinski definition) is 5. The van der Waals surface area contributed by atoms with Gasteiger partial charge in [0.2, 0.25) is 0 Å². The van der Waals surface area contributed by atoms with Gasteiger partial charge in [-0.3, -0.25) is 9.59 Å². The van der Waals surface area contributed by atoms with Gasteiger partial charge < -0.3 is 25.5 Å². The van der Waals surface area contributed by atoms with Gasteiger partial charge in [0.15, 0.2) is 6.04 Å². The number of rotatable bonds is 4. The molecule has 0 aromatic carbocycles. The van der Waals surface area contributed by atoms with Gasteiger partial charge in [0.25, 0.3) is 0 Å². The third-order valence-electron chi connectivity index (χ3n) is 3.28. The number of carboxylic acid groups (broad SMARTS) is 2. The van der Waals surface area contributed by atoms with Crippen LogP contribution < -0.4 is 5.32 Å². The van der Waals surface area contributed by atoms with Crippen molar-refractivity contribution >= 4 is 23.8 Å². The van der Waals surface area contributed by atoms with Gasteiger partial charge in [-0.1, -0.05) is 0 Å². The summed E-state index contributed by atoms with van der Waals surface area (Å²) in [4.78, 5) is 46.6. The van der Waals surface area contributed by atoms with Gasteiger partial charge in [0.05, 0.1) is 6.10 Å². The van der Waals surface area contributed by atoms with E-state index in [0.717, 1.165) is 11.8 Å². The first-order valence-corrected chi connectivity index (χ1v) is 6.50. The molecule has 0 saturated carbocycles. The zero-order chi connectivity index (χ0) is 16.2. The molecule has 9 heteroatoms. The number of piperidine rings is 1. The fourth-order valence-electron chi connectivity index (χ4n) is 2.15. The van der Waals surface area contributed by atoms with E-state index in [-0.39, 0.29) is 13.0 Å².